The average molecular weight is 210 g/mol. The van der Waals surface area contributed by atoms with Crippen LogP contribution in [0, 0.1) is 11.7 Å². The third-order valence-corrected chi connectivity index (χ3v) is 2.71. The molecule has 80 valence electrons. The molecule has 0 bridgehead atoms. The summed E-state index contributed by atoms with van der Waals surface area (Å²) in [6.07, 6.45) is 0.598. The maximum atomic E-state index is 13.3. The Labute approximate surface area is 86.5 Å². The quantitative estimate of drug-likeness (QED) is 0.830. The van der Waals surface area contributed by atoms with Crippen LogP contribution in [0.2, 0.25) is 0 Å². The molecule has 0 aliphatic heterocycles. The SMILES string of the molecule is COc1ccc([C@H]2C[C@@H]2C(=O)O)cc1F. The van der Waals surface area contributed by atoms with E-state index in [1.54, 1.807) is 6.07 Å². The number of hydrogen-bond acceptors (Lipinski definition) is 2. The Morgan fingerprint density at radius 2 is 2.33 bits per heavy atom. The summed E-state index contributed by atoms with van der Waals surface area (Å²) in [5.74, 6) is -1.45. The Hall–Kier alpha value is -1.58. The minimum Gasteiger partial charge on any atom is -0.494 e. The fourth-order valence-corrected chi connectivity index (χ4v) is 1.75. The first-order valence-corrected chi connectivity index (χ1v) is 4.69. The first-order chi connectivity index (χ1) is 7.13. The van der Waals surface area contributed by atoms with Crippen molar-refractivity contribution in [3.8, 4) is 5.75 Å². The number of ether oxygens (including phenoxy) is 1. The molecule has 1 saturated carbocycles. The van der Waals surface area contributed by atoms with Crippen molar-refractivity contribution in [3.05, 3.63) is 29.6 Å². The lowest BCUT2D eigenvalue weighted by Gasteiger charge is -2.03. The first-order valence-electron chi connectivity index (χ1n) is 4.69. The van der Waals surface area contributed by atoms with Gasteiger partial charge in [0.1, 0.15) is 0 Å². The van der Waals surface area contributed by atoms with E-state index in [4.69, 9.17) is 9.84 Å². The largest absolute Gasteiger partial charge is 0.494 e. The number of rotatable bonds is 3. The molecule has 1 fully saturated rings. The van der Waals surface area contributed by atoms with Gasteiger partial charge in [-0.1, -0.05) is 6.07 Å². The summed E-state index contributed by atoms with van der Waals surface area (Å²) in [7, 11) is 1.40. The van der Waals surface area contributed by atoms with Crippen molar-refractivity contribution in [2.75, 3.05) is 7.11 Å². The standard InChI is InChI=1S/C11H11FO3/c1-15-10-3-2-6(4-9(10)12)7-5-8(7)11(13)14/h2-4,7-8H,5H2,1H3,(H,13,14)/t7-,8+/m1/s1. The first kappa shape index (κ1) is 9.96. The second kappa shape index (κ2) is 3.53. The Balaban J connectivity index is 2.18. The number of hydrogen-bond donors (Lipinski definition) is 1. The molecule has 4 heteroatoms. The number of benzene rings is 1. The van der Waals surface area contributed by atoms with Gasteiger partial charge < -0.3 is 9.84 Å². The van der Waals surface area contributed by atoms with Crippen LogP contribution < -0.4 is 4.74 Å². The van der Waals surface area contributed by atoms with Gasteiger partial charge in [0.15, 0.2) is 11.6 Å². The zero-order valence-corrected chi connectivity index (χ0v) is 8.24. The van der Waals surface area contributed by atoms with Gasteiger partial charge in [0.05, 0.1) is 13.0 Å². The zero-order valence-electron chi connectivity index (χ0n) is 8.24. The molecule has 3 nitrogen and oxygen atoms in total. The van der Waals surface area contributed by atoms with E-state index in [2.05, 4.69) is 0 Å². The summed E-state index contributed by atoms with van der Waals surface area (Å²) in [4.78, 5) is 10.6. The molecule has 0 spiro atoms. The smallest absolute Gasteiger partial charge is 0.307 e. The van der Waals surface area contributed by atoms with Crippen LogP contribution in [-0.2, 0) is 4.79 Å². The van der Waals surface area contributed by atoms with Crippen LogP contribution in [0.5, 0.6) is 5.75 Å². The average Bonchev–Trinajstić information content (AvgIpc) is 2.97. The van der Waals surface area contributed by atoms with E-state index < -0.39 is 11.8 Å². The van der Waals surface area contributed by atoms with Crippen LogP contribution in [-0.4, -0.2) is 18.2 Å². The molecule has 1 aromatic carbocycles. The monoisotopic (exact) mass is 210 g/mol. The summed E-state index contributed by atoms with van der Waals surface area (Å²) < 4.78 is 18.1. The number of aliphatic carboxylic acids is 1. The minimum absolute atomic E-state index is 0.0390. The molecule has 2 rings (SSSR count). The number of carboxylic acids is 1. The van der Waals surface area contributed by atoms with E-state index in [-0.39, 0.29) is 17.6 Å². The highest BCUT2D eigenvalue weighted by molar-refractivity contribution is 5.75. The van der Waals surface area contributed by atoms with Crippen molar-refractivity contribution >= 4 is 5.97 Å². The molecule has 1 aliphatic rings. The highest BCUT2D eigenvalue weighted by atomic mass is 19.1. The maximum Gasteiger partial charge on any atom is 0.307 e. The van der Waals surface area contributed by atoms with Gasteiger partial charge in [0.25, 0.3) is 0 Å². The lowest BCUT2D eigenvalue weighted by Crippen LogP contribution is -1.99. The van der Waals surface area contributed by atoms with Gasteiger partial charge in [-0.05, 0) is 30.0 Å². The van der Waals surface area contributed by atoms with Gasteiger partial charge in [0, 0.05) is 0 Å². The van der Waals surface area contributed by atoms with E-state index in [0.29, 0.717) is 6.42 Å². The number of carbonyl (C=O) groups is 1. The van der Waals surface area contributed by atoms with Crippen molar-refractivity contribution in [1.82, 2.24) is 0 Å². The van der Waals surface area contributed by atoms with Crippen LogP contribution in [0.1, 0.15) is 17.9 Å². The molecule has 15 heavy (non-hydrogen) atoms. The van der Waals surface area contributed by atoms with Gasteiger partial charge in [-0.15, -0.1) is 0 Å². The number of halogens is 1. The number of carboxylic acid groups (broad SMARTS) is 1. The molecule has 0 radical (unpaired) electrons. The second-order valence-corrected chi connectivity index (χ2v) is 3.68. The van der Waals surface area contributed by atoms with Gasteiger partial charge in [-0.25, -0.2) is 4.39 Å². The van der Waals surface area contributed by atoms with Gasteiger partial charge >= 0.3 is 5.97 Å². The van der Waals surface area contributed by atoms with E-state index >= 15 is 0 Å². The zero-order chi connectivity index (χ0) is 11.0. The van der Waals surface area contributed by atoms with E-state index in [0.717, 1.165) is 5.56 Å². The molecule has 0 heterocycles. The summed E-state index contributed by atoms with van der Waals surface area (Å²) >= 11 is 0. The normalized spacial score (nSPS) is 23.6. The van der Waals surface area contributed by atoms with Crippen LogP contribution >= 0.6 is 0 Å². The minimum atomic E-state index is -0.809. The lowest BCUT2D eigenvalue weighted by molar-refractivity contribution is -0.138. The van der Waals surface area contributed by atoms with Crippen molar-refractivity contribution in [1.29, 1.82) is 0 Å². The van der Waals surface area contributed by atoms with E-state index in [9.17, 15) is 9.18 Å². The summed E-state index contributed by atoms with van der Waals surface area (Å²) in [6, 6.07) is 4.60. The molecule has 0 amide bonds. The third kappa shape index (κ3) is 1.79. The highest BCUT2D eigenvalue weighted by Crippen LogP contribution is 2.48. The van der Waals surface area contributed by atoms with Crippen molar-refractivity contribution in [2.45, 2.75) is 12.3 Å². The Bertz CT molecular complexity index is 403. The Morgan fingerprint density at radius 3 is 2.80 bits per heavy atom. The molecule has 1 N–H and O–H groups in total. The topological polar surface area (TPSA) is 46.5 Å². The predicted octanol–water partition coefficient (Wildman–Crippen LogP) is 2.02. The van der Waals surface area contributed by atoms with Crippen molar-refractivity contribution < 1.29 is 19.0 Å². The van der Waals surface area contributed by atoms with E-state index in [1.807, 2.05) is 0 Å². The van der Waals surface area contributed by atoms with Gasteiger partial charge in [-0.2, -0.15) is 0 Å². The van der Waals surface area contributed by atoms with E-state index in [1.165, 1.54) is 19.2 Å². The maximum absolute atomic E-state index is 13.3. The molecule has 1 aromatic rings. The van der Waals surface area contributed by atoms with Gasteiger partial charge in [-0.3, -0.25) is 4.79 Å². The predicted molar refractivity (Wildman–Crippen MR) is 51.4 cm³/mol. The summed E-state index contributed by atoms with van der Waals surface area (Å²) in [6.45, 7) is 0. The van der Waals surface area contributed by atoms with Crippen LogP contribution in [0.4, 0.5) is 4.39 Å². The lowest BCUT2D eigenvalue weighted by atomic mass is 10.1. The Morgan fingerprint density at radius 1 is 1.60 bits per heavy atom. The fraction of sp³-hybridized carbons (Fsp3) is 0.364. The van der Waals surface area contributed by atoms with Crippen LogP contribution in [0.15, 0.2) is 18.2 Å². The molecule has 1 aliphatic carbocycles. The molecule has 0 saturated heterocycles. The van der Waals surface area contributed by atoms with Gasteiger partial charge in [0.2, 0.25) is 0 Å². The molecular weight excluding hydrogens is 199 g/mol. The number of methoxy groups -OCH3 is 1. The molecule has 0 aromatic heterocycles. The summed E-state index contributed by atoms with van der Waals surface area (Å²) in [5.41, 5.74) is 0.737. The second-order valence-electron chi connectivity index (χ2n) is 3.68. The summed E-state index contributed by atoms with van der Waals surface area (Å²) in [5, 5.41) is 8.74. The molecule has 2 atom stereocenters. The Kier molecular flexibility index (Phi) is 2.34. The van der Waals surface area contributed by atoms with Crippen molar-refractivity contribution in [3.63, 3.8) is 0 Å². The molecular formula is C11H11FO3. The molecule has 0 unspecified atom stereocenters. The van der Waals surface area contributed by atoms with Crippen LogP contribution in [0.25, 0.3) is 0 Å². The van der Waals surface area contributed by atoms with Crippen molar-refractivity contribution in [2.24, 2.45) is 5.92 Å². The highest BCUT2D eigenvalue weighted by Gasteiger charge is 2.44. The third-order valence-electron chi connectivity index (χ3n) is 2.71. The fourth-order valence-electron chi connectivity index (χ4n) is 1.75. The van der Waals surface area contributed by atoms with Crippen LogP contribution in [0.3, 0.4) is 0 Å².